The Morgan fingerprint density at radius 1 is 1.18 bits per heavy atom. The van der Waals surface area contributed by atoms with Gasteiger partial charge in [-0.2, -0.15) is 0 Å². The highest BCUT2D eigenvalue weighted by molar-refractivity contribution is 8.00. The SMILES string of the molecule is CCc1cn2c3c(cc(C(=O)N[C@@H](Cc4ccccc4)[C@H](O)CNCc4cnc(C)cn4)cc13)N(C)SCC2. The lowest BCUT2D eigenvalue weighted by Gasteiger charge is -2.25. The number of hydrogen-bond acceptors (Lipinski definition) is 7. The van der Waals surface area contributed by atoms with Crippen LogP contribution in [0.3, 0.4) is 0 Å². The zero-order valence-corrected chi connectivity index (χ0v) is 23.5. The van der Waals surface area contributed by atoms with Gasteiger partial charge in [-0.1, -0.05) is 37.3 Å². The molecule has 0 aliphatic carbocycles. The molecule has 204 valence electrons. The van der Waals surface area contributed by atoms with Crippen LogP contribution < -0.4 is 14.9 Å². The quantitative estimate of drug-likeness (QED) is 0.261. The van der Waals surface area contributed by atoms with Crippen LogP contribution in [0, 0.1) is 6.92 Å². The van der Waals surface area contributed by atoms with Crippen molar-refractivity contribution in [2.75, 3.05) is 23.7 Å². The number of rotatable bonds is 10. The molecule has 1 aliphatic heterocycles. The number of amides is 1. The van der Waals surface area contributed by atoms with Gasteiger partial charge in [0.1, 0.15) is 0 Å². The number of carbonyl (C=O) groups excluding carboxylic acids is 1. The molecule has 1 aliphatic rings. The lowest BCUT2D eigenvalue weighted by atomic mass is 10.00. The van der Waals surface area contributed by atoms with Crippen LogP contribution in [0.5, 0.6) is 0 Å². The first kappa shape index (κ1) is 27.2. The van der Waals surface area contributed by atoms with Gasteiger partial charge in [0.2, 0.25) is 0 Å². The van der Waals surface area contributed by atoms with E-state index in [0.717, 1.165) is 46.7 Å². The van der Waals surface area contributed by atoms with Crippen LogP contribution in [-0.4, -0.2) is 57.0 Å². The number of nitrogens with zero attached hydrogens (tertiary/aromatic N) is 4. The second kappa shape index (κ2) is 12.2. The van der Waals surface area contributed by atoms with Crippen LogP contribution >= 0.6 is 11.9 Å². The maximum atomic E-state index is 13.7. The Balaban J connectivity index is 1.37. The average molecular weight is 545 g/mol. The molecule has 2 atom stereocenters. The summed E-state index contributed by atoms with van der Waals surface area (Å²) in [6.07, 6.45) is 6.30. The number of carbonyl (C=O) groups is 1. The molecule has 0 spiro atoms. The Labute approximate surface area is 234 Å². The summed E-state index contributed by atoms with van der Waals surface area (Å²) in [4.78, 5) is 22.4. The summed E-state index contributed by atoms with van der Waals surface area (Å²) in [7, 11) is 2.06. The van der Waals surface area contributed by atoms with E-state index >= 15 is 0 Å². The molecule has 3 heterocycles. The molecule has 3 N–H and O–H groups in total. The van der Waals surface area contributed by atoms with Gasteiger partial charge in [0, 0.05) is 62.0 Å². The first-order valence-corrected chi connectivity index (χ1v) is 14.4. The fourth-order valence-corrected chi connectivity index (χ4v) is 5.90. The summed E-state index contributed by atoms with van der Waals surface area (Å²) in [6.45, 7) is 5.78. The van der Waals surface area contributed by atoms with Gasteiger partial charge in [-0.25, -0.2) is 0 Å². The Bertz CT molecular complexity index is 1420. The van der Waals surface area contributed by atoms with E-state index in [1.54, 1.807) is 24.3 Å². The highest BCUT2D eigenvalue weighted by Crippen LogP contribution is 2.37. The topological polar surface area (TPSA) is 95.3 Å². The van der Waals surface area contributed by atoms with Crippen LogP contribution in [0.15, 0.2) is 61.1 Å². The molecule has 0 unspecified atom stereocenters. The van der Waals surface area contributed by atoms with Gasteiger partial charge in [-0.05, 0) is 55.0 Å². The fraction of sp³-hybridized carbons (Fsp3) is 0.367. The predicted molar refractivity (Wildman–Crippen MR) is 158 cm³/mol. The molecule has 2 aromatic heterocycles. The van der Waals surface area contributed by atoms with Crippen LogP contribution in [0.4, 0.5) is 5.69 Å². The molecule has 0 radical (unpaired) electrons. The number of hydrogen-bond donors (Lipinski definition) is 3. The van der Waals surface area contributed by atoms with E-state index in [4.69, 9.17) is 0 Å². The Hall–Kier alpha value is -3.40. The minimum Gasteiger partial charge on any atom is -0.390 e. The van der Waals surface area contributed by atoms with Crippen molar-refractivity contribution in [2.24, 2.45) is 0 Å². The van der Waals surface area contributed by atoms with E-state index in [1.807, 2.05) is 49.4 Å². The molecule has 2 aromatic carbocycles. The number of aliphatic hydroxyl groups excluding tert-OH is 1. The second-order valence-corrected chi connectivity index (χ2v) is 11.3. The van der Waals surface area contributed by atoms with Gasteiger partial charge in [-0.15, -0.1) is 0 Å². The molecule has 8 nitrogen and oxygen atoms in total. The van der Waals surface area contributed by atoms with Crippen LogP contribution in [0.2, 0.25) is 0 Å². The lowest BCUT2D eigenvalue weighted by molar-refractivity contribution is 0.0830. The molecule has 0 bridgehead atoms. The summed E-state index contributed by atoms with van der Waals surface area (Å²) in [5.74, 6) is 0.793. The standard InChI is InChI=1S/C30H36N6O2S/c1-4-22-19-36-10-11-39-35(3)27-14-23(13-25(22)29(27)36)30(38)34-26(12-21-8-6-5-7-9-21)28(37)18-31-16-24-17-32-20(2)15-33-24/h5-9,13-15,17,19,26,28,31,37H,4,10-12,16,18H2,1-3H3,(H,34,38)/t26-,28+/m0/s1. The van der Waals surface area contributed by atoms with Gasteiger partial charge < -0.3 is 24.6 Å². The Morgan fingerprint density at radius 3 is 2.74 bits per heavy atom. The third-order valence-corrected chi connectivity index (χ3v) is 8.16. The number of nitrogens with one attached hydrogen (secondary N) is 2. The fourth-order valence-electron chi connectivity index (χ4n) is 5.07. The molecule has 5 rings (SSSR count). The van der Waals surface area contributed by atoms with Crippen molar-refractivity contribution in [2.45, 2.75) is 51.9 Å². The molecule has 39 heavy (non-hydrogen) atoms. The van der Waals surface area contributed by atoms with Crippen molar-refractivity contribution in [3.05, 3.63) is 89.1 Å². The van der Waals surface area contributed by atoms with E-state index in [2.05, 4.69) is 49.6 Å². The average Bonchev–Trinajstić information content (AvgIpc) is 3.22. The first-order valence-electron chi connectivity index (χ1n) is 13.5. The normalized spacial score (nSPS) is 14.7. The van der Waals surface area contributed by atoms with Crippen molar-refractivity contribution >= 4 is 34.4 Å². The van der Waals surface area contributed by atoms with E-state index in [-0.39, 0.29) is 5.91 Å². The van der Waals surface area contributed by atoms with E-state index in [0.29, 0.717) is 25.1 Å². The monoisotopic (exact) mass is 544 g/mol. The predicted octanol–water partition coefficient (Wildman–Crippen LogP) is 3.89. The number of aliphatic hydroxyl groups is 1. The van der Waals surface area contributed by atoms with Crippen molar-refractivity contribution in [1.29, 1.82) is 0 Å². The third-order valence-electron chi connectivity index (χ3n) is 7.21. The Morgan fingerprint density at radius 2 is 2.00 bits per heavy atom. The Kier molecular flexibility index (Phi) is 8.50. The van der Waals surface area contributed by atoms with Crippen molar-refractivity contribution in [3.8, 4) is 0 Å². The smallest absolute Gasteiger partial charge is 0.251 e. The van der Waals surface area contributed by atoms with Crippen molar-refractivity contribution < 1.29 is 9.90 Å². The molecule has 1 amide bonds. The molecule has 0 saturated carbocycles. The maximum Gasteiger partial charge on any atom is 0.251 e. The molecule has 9 heteroatoms. The lowest BCUT2D eigenvalue weighted by Crippen LogP contribution is -2.48. The molecular weight excluding hydrogens is 508 g/mol. The van der Waals surface area contributed by atoms with Gasteiger partial charge in [0.25, 0.3) is 5.91 Å². The van der Waals surface area contributed by atoms with Crippen molar-refractivity contribution in [3.63, 3.8) is 0 Å². The van der Waals surface area contributed by atoms with Crippen LogP contribution in [0.25, 0.3) is 10.9 Å². The van der Waals surface area contributed by atoms with E-state index in [9.17, 15) is 9.90 Å². The summed E-state index contributed by atoms with van der Waals surface area (Å²) in [6, 6.07) is 13.5. The third kappa shape index (κ3) is 6.27. The van der Waals surface area contributed by atoms with Gasteiger partial charge >= 0.3 is 0 Å². The number of benzene rings is 2. The summed E-state index contributed by atoms with van der Waals surface area (Å²) >= 11 is 1.76. The minimum atomic E-state index is -0.802. The van der Waals surface area contributed by atoms with Gasteiger partial charge in [0.15, 0.2) is 0 Å². The molecule has 0 fully saturated rings. The number of aryl methyl sites for hydroxylation is 3. The van der Waals surface area contributed by atoms with E-state index in [1.165, 1.54) is 11.1 Å². The van der Waals surface area contributed by atoms with Crippen LogP contribution in [-0.2, 0) is 25.9 Å². The minimum absolute atomic E-state index is 0.185. The summed E-state index contributed by atoms with van der Waals surface area (Å²) in [5.41, 5.74) is 6.78. The highest BCUT2D eigenvalue weighted by Gasteiger charge is 2.25. The van der Waals surface area contributed by atoms with E-state index < -0.39 is 12.1 Å². The van der Waals surface area contributed by atoms with Crippen LogP contribution in [0.1, 0.15) is 39.8 Å². The van der Waals surface area contributed by atoms with Gasteiger partial charge in [0.05, 0.1) is 34.7 Å². The number of anilines is 1. The second-order valence-electron chi connectivity index (χ2n) is 10.0. The molecule has 4 aromatic rings. The maximum absolute atomic E-state index is 13.7. The molecule has 0 saturated heterocycles. The van der Waals surface area contributed by atoms with Crippen molar-refractivity contribution in [1.82, 2.24) is 25.2 Å². The largest absolute Gasteiger partial charge is 0.390 e. The zero-order valence-electron chi connectivity index (χ0n) is 22.7. The summed E-state index contributed by atoms with van der Waals surface area (Å²) in [5, 5.41) is 18.7. The molecular formula is C30H36N6O2S. The summed E-state index contributed by atoms with van der Waals surface area (Å²) < 4.78 is 4.48. The van der Waals surface area contributed by atoms with Gasteiger partial charge in [-0.3, -0.25) is 14.8 Å². The highest BCUT2D eigenvalue weighted by atomic mass is 32.2. The first-order chi connectivity index (χ1) is 18.9. The number of aromatic nitrogens is 3. The zero-order chi connectivity index (χ0) is 27.4.